The molecule has 5 nitrogen and oxygen atoms in total. The maximum atomic E-state index is 13.7. The summed E-state index contributed by atoms with van der Waals surface area (Å²) in [4.78, 5) is 32.9. The highest BCUT2D eigenvalue weighted by Crippen LogP contribution is 2.34. The van der Waals surface area contributed by atoms with Crippen LogP contribution in [0.2, 0.25) is 0 Å². The van der Waals surface area contributed by atoms with Crippen molar-refractivity contribution in [2.75, 3.05) is 12.4 Å². The molecule has 1 aromatic carbocycles. The first-order valence-electron chi connectivity index (χ1n) is 11.5. The molecule has 0 saturated heterocycles. The number of ether oxygens (including phenoxy) is 1. The van der Waals surface area contributed by atoms with Gasteiger partial charge in [-0.3, -0.25) is 14.2 Å². The Morgan fingerprint density at radius 2 is 1.97 bits per heavy atom. The van der Waals surface area contributed by atoms with Crippen molar-refractivity contribution in [3.05, 3.63) is 56.7 Å². The Labute approximate surface area is 197 Å². The number of fused-ring (bicyclic) bond motifs is 3. The number of carbonyl (C=O) groups excluding carboxylic acids is 1. The Bertz CT molecular complexity index is 1120. The Morgan fingerprint density at radius 3 is 2.78 bits per heavy atom. The lowest BCUT2D eigenvalue weighted by Gasteiger charge is -2.13. The van der Waals surface area contributed by atoms with Gasteiger partial charge in [0.2, 0.25) is 0 Å². The molecule has 0 radical (unpaired) electrons. The van der Waals surface area contributed by atoms with Gasteiger partial charge < -0.3 is 4.74 Å². The van der Waals surface area contributed by atoms with Crippen molar-refractivity contribution in [3.63, 3.8) is 0 Å². The van der Waals surface area contributed by atoms with Crippen LogP contribution in [-0.4, -0.2) is 27.9 Å². The zero-order valence-electron chi connectivity index (χ0n) is 18.6. The number of carbonyl (C=O) groups is 1. The number of aryl methyl sites for hydroxylation is 2. The molecule has 2 heterocycles. The molecule has 0 bridgehead atoms. The van der Waals surface area contributed by atoms with Gasteiger partial charge in [0.25, 0.3) is 5.56 Å². The van der Waals surface area contributed by atoms with Gasteiger partial charge in [-0.1, -0.05) is 68.3 Å². The van der Waals surface area contributed by atoms with Crippen molar-refractivity contribution in [2.45, 2.75) is 70.0 Å². The summed E-state index contributed by atoms with van der Waals surface area (Å²) in [5, 5.41) is 1.38. The summed E-state index contributed by atoms with van der Waals surface area (Å²) in [7, 11) is 0. The van der Waals surface area contributed by atoms with E-state index in [0.29, 0.717) is 18.3 Å². The van der Waals surface area contributed by atoms with Crippen LogP contribution < -0.4 is 5.56 Å². The number of benzene rings is 1. The van der Waals surface area contributed by atoms with Crippen molar-refractivity contribution < 1.29 is 9.53 Å². The third kappa shape index (κ3) is 5.44. The normalized spacial score (nSPS) is 13.7. The second kappa shape index (κ2) is 11.1. The fraction of sp³-hybridized carbons (Fsp3) is 0.480. The number of rotatable bonds is 9. The summed E-state index contributed by atoms with van der Waals surface area (Å²) in [6, 6.07) is 9.95. The average Bonchev–Trinajstić information content (AvgIpc) is 2.99. The van der Waals surface area contributed by atoms with Crippen LogP contribution in [0.4, 0.5) is 0 Å². The van der Waals surface area contributed by atoms with Gasteiger partial charge in [-0.2, -0.15) is 0 Å². The molecule has 0 atom stereocenters. The fourth-order valence-electron chi connectivity index (χ4n) is 4.12. The van der Waals surface area contributed by atoms with E-state index >= 15 is 0 Å². The van der Waals surface area contributed by atoms with E-state index in [0.717, 1.165) is 54.3 Å². The molecule has 2 aromatic heterocycles. The third-order valence-corrected chi connectivity index (χ3v) is 7.94. The van der Waals surface area contributed by atoms with Gasteiger partial charge in [-0.15, -0.1) is 11.3 Å². The lowest BCUT2D eigenvalue weighted by Crippen LogP contribution is -2.24. The summed E-state index contributed by atoms with van der Waals surface area (Å²) in [6.45, 7) is 3.02. The van der Waals surface area contributed by atoms with E-state index < -0.39 is 0 Å². The molecule has 0 aliphatic heterocycles. The number of hydrogen-bond acceptors (Lipinski definition) is 6. The van der Waals surface area contributed by atoms with Crippen molar-refractivity contribution in [1.82, 2.24) is 9.55 Å². The molecule has 0 fully saturated rings. The van der Waals surface area contributed by atoms with Crippen LogP contribution in [0, 0.1) is 0 Å². The minimum absolute atomic E-state index is 0.0112. The van der Waals surface area contributed by atoms with Gasteiger partial charge in [-0.25, -0.2) is 4.98 Å². The van der Waals surface area contributed by atoms with E-state index in [-0.39, 0.29) is 17.3 Å². The smallest absolute Gasteiger partial charge is 0.316 e. The van der Waals surface area contributed by atoms with Gasteiger partial charge >= 0.3 is 5.97 Å². The Kier molecular flexibility index (Phi) is 8.03. The summed E-state index contributed by atoms with van der Waals surface area (Å²) in [6.07, 6.45) is 8.51. The largest absolute Gasteiger partial charge is 0.465 e. The molecule has 32 heavy (non-hydrogen) atoms. The Balaban J connectivity index is 1.64. The molecule has 3 aromatic rings. The van der Waals surface area contributed by atoms with Gasteiger partial charge in [0.1, 0.15) is 4.83 Å². The molecule has 1 aliphatic carbocycles. The molecule has 0 N–H and O–H groups in total. The number of nitrogens with zero attached hydrogens (tertiary/aromatic N) is 2. The molecule has 170 valence electrons. The minimum atomic E-state index is -0.256. The Hall–Kier alpha value is -2.12. The third-order valence-electron chi connectivity index (χ3n) is 5.80. The summed E-state index contributed by atoms with van der Waals surface area (Å²) >= 11 is 2.96. The number of esters is 1. The SMILES string of the molecule is CCCCCOC(=O)CSc1nc2sc3c(c2c(=O)n1Cc1ccccc1)CCCCC3. The van der Waals surface area contributed by atoms with E-state index in [1.807, 2.05) is 30.3 Å². The minimum Gasteiger partial charge on any atom is -0.465 e. The first kappa shape index (κ1) is 23.1. The van der Waals surface area contributed by atoms with Crippen molar-refractivity contribution >= 4 is 39.3 Å². The number of aromatic nitrogens is 2. The van der Waals surface area contributed by atoms with E-state index in [9.17, 15) is 9.59 Å². The molecular formula is C25H30N2O3S2. The second-order valence-electron chi connectivity index (χ2n) is 8.23. The molecule has 0 spiro atoms. The molecular weight excluding hydrogens is 440 g/mol. The lowest BCUT2D eigenvalue weighted by molar-refractivity contribution is -0.140. The van der Waals surface area contributed by atoms with E-state index in [2.05, 4.69) is 6.92 Å². The van der Waals surface area contributed by atoms with Crippen LogP contribution in [0.5, 0.6) is 0 Å². The van der Waals surface area contributed by atoms with Crippen molar-refractivity contribution in [2.24, 2.45) is 0 Å². The van der Waals surface area contributed by atoms with Gasteiger partial charge in [0.15, 0.2) is 5.16 Å². The average molecular weight is 471 g/mol. The zero-order chi connectivity index (χ0) is 22.3. The molecule has 4 rings (SSSR count). The summed E-state index contributed by atoms with van der Waals surface area (Å²) in [5.41, 5.74) is 2.26. The standard InChI is InChI=1S/C25H30N2O3S2/c1-2-3-10-15-30-21(28)17-31-25-26-23-22(19-13-8-5-9-14-20(19)32-23)24(29)27(25)16-18-11-6-4-7-12-18/h4,6-7,11-12H,2-3,5,8-10,13-17H2,1H3. The van der Waals surface area contributed by atoms with E-state index in [4.69, 9.17) is 9.72 Å². The van der Waals surface area contributed by atoms with E-state index in [1.54, 1.807) is 15.9 Å². The van der Waals surface area contributed by atoms with Crippen LogP contribution in [0.15, 0.2) is 40.3 Å². The van der Waals surface area contributed by atoms with Crippen molar-refractivity contribution in [3.8, 4) is 0 Å². The molecule has 1 aliphatic rings. The number of thiophene rings is 1. The highest BCUT2D eigenvalue weighted by molar-refractivity contribution is 7.99. The van der Waals surface area contributed by atoms with E-state index in [1.165, 1.54) is 35.0 Å². The predicted molar refractivity (Wildman–Crippen MR) is 132 cm³/mol. The maximum Gasteiger partial charge on any atom is 0.316 e. The van der Waals surface area contributed by atoms with Crippen LogP contribution >= 0.6 is 23.1 Å². The second-order valence-corrected chi connectivity index (χ2v) is 10.3. The topological polar surface area (TPSA) is 61.2 Å². The number of hydrogen-bond donors (Lipinski definition) is 0. The molecule has 7 heteroatoms. The van der Waals surface area contributed by atoms with Gasteiger partial charge in [0.05, 0.1) is 24.3 Å². The first-order valence-corrected chi connectivity index (χ1v) is 13.3. The number of thioether (sulfide) groups is 1. The summed E-state index contributed by atoms with van der Waals surface area (Å²) < 4.78 is 7.09. The van der Waals surface area contributed by atoms with Crippen LogP contribution in [0.25, 0.3) is 10.2 Å². The molecule has 0 unspecified atom stereocenters. The maximum absolute atomic E-state index is 13.7. The lowest BCUT2D eigenvalue weighted by atomic mass is 10.1. The summed E-state index contributed by atoms with van der Waals surface area (Å²) in [5.74, 6) is -0.0992. The Morgan fingerprint density at radius 1 is 1.16 bits per heavy atom. The monoisotopic (exact) mass is 470 g/mol. The first-order chi connectivity index (χ1) is 15.7. The van der Waals surface area contributed by atoms with Gasteiger partial charge in [-0.05, 0) is 43.2 Å². The van der Waals surface area contributed by atoms with Crippen LogP contribution in [0.1, 0.15) is 61.5 Å². The van der Waals surface area contributed by atoms with Gasteiger partial charge in [0, 0.05) is 4.88 Å². The highest BCUT2D eigenvalue weighted by Gasteiger charge is 2.22. The van der Waals surface area contributed by atoms with Crippen molar-refractivity contribution in [1.29, 1.82) is 0 Å². The van der Waals surface area contributed by atoms with Crippen LogP contribution in [-0.2, 0) is 28.9 Å². The predicted octanol–water partition coefficient (Wildman–Crippen LogP) is 5.60. The number of unbranched alkanes of at least 4 members (excludes halogenated alkanes) is 2. The molecule has 0 saturated carbocycles. The zero-order valence-corrected chi connectivity index (χ0v) is 20.2. The quantitative estimate of drug-likeness (QED) is 0.134. The highest BCUT2D eigenvalue weighted by atomic mass is 32.2. The fourth-order valence-corrected chi connectivity index (χ4v) is 6.21. The van der Waals surface area contributed by atoms with Crippen LogP contribution in [0.3, 0.4) is 0 Å². The molecule has 0 amide bonds.